The van der Waals surface area contributed by atoms with Crippen LogP contribution in [0.2, 0.25) is 0 Å². The van der Waals surface area contributed by atoms with Crippen LogP contribution in [-0.2, 0) is 13.0 Å². The standard InChI is InChI=1S/C25H32N6O/c1-4-25(2,3)15-20-16-26-23(27-20)14-11-18-9-12-19(13-10-18)21-7-5-6-8-22(21)32-17-24-28-30-31-29-24/h5-10,12-13,20H,4,11,14-17H2,1-3H3,(H,26,27)(H,28,29,30,31). The van der Waals surface area contributed by atoms with Gasteiger partial charge in [0.2, 0.25) is 5.82 Å². The normalized spacial score (nSPS) is 16.0. The summed E-state index contributed by atoms with van der Waals surface area (Å²) >= 11 is 0. The largest absolute Gasteiger partial charge is 0.485 e. The Balaban J connectivity index is 1.32. The highest BCUT2D eigenvalue weighted by atomic mass is 16.5. The lowest BCUT2D eigenvalue weighted by Crippen LogP contribution is -2.34. The van der Waals surface area contributed by atoms with E-state index >= 15 is 0 Å². The summed E-state index contributed by atoms with van der Waals surface area (Å²) in [5.41, 5.74) is 3.84. The highest BCUT2D eigenvalue weighted by Crippen LogP contribution is 2.31. The molecule has 2 N–H and O–H groups in total. The third-order valence-corrected chi connectivity index (χ3v) is 6.18. The van der Waals surface area contributed by atoms with Gasteiger partial charge in [0.1, 0.15) is 5.75 Å². The number of nitrogens with one attached hydrogen (secondary N) is 2. The van der Waals surface area contributed by atoms with Gasteiger partial charge in [0.25, 0.3) is 0 Å². The second kappa shape index (κ2) is 9.94. The number of H-pyrrole nitrogens is 1. The fourth-order valence-electron chi connectivity index (χ4n) is 3.96. The number of aliphatic imine (C=N–C) groups is 1. The first-order chi connectivity index (χ1) is 15.5. The van der Waals surface area contributed by atoms with E-state index in [4.69, 9.17) is 9.73 Å². The quantitative estimate of drug-likeness (QED) is 0.490. The molecule has 1 atom stereocenters. The van der Waals surface area contributed by atoms with Gasteiger partial charge >= 0.3 is 0 Å². The molecule has 1 aliphatic heterocycles. The molecule has 32 heavy (non-hydrogen) atoms. The van der Waals surface area contributed by atoms with E-state index in [0.29, 0.717) is 17.3 Å². The van der Waals surface area contributed by atoms with Crippen LogP contribution in [0.5, 0.6) is 5.75 Å². The molecule has 1 unspecified atom stereocenters. The first kappa shape index (κ1) is 22.0. The van der Waals surface area contributed by atoms with Gasteiger partial charge < -0.3 is 10.1 Å². The third-order valence-electron chi connectivity index (χ3n) is 6.18. The van der Waals surface area contributed by atoms with Gasteiger partial charge in [-0.1, -0.05) is 74.9 Å². The highest BCUT2D eigenvalue weighted by molar-refractivity contribution is 5.84. The van der Waals surface area contributed by atoms with Gasteiger partial charge in [0.05, 0.1) is 12.4 Å². The summed E-state index contributed by atoms with van der Waals surface area (Å²) in [5, 5.41) is 17.5. The molecule has 0 aliphatic carbocycles. The molecule has 0 amide bonds. The Morgan fingerprint density at radius 2 is 1.88 bits per heavy atom. The average Bonchev–Trinajstić information content (AvgIpc) is 3.49. The SMILES string of the molecule is CCC(C)(C)CC1CN=C(CCc2ccc(-c3ccccc3OCc3nn[nH]n3)cc2)N1. The van der Waals surface area contributed by atoms with Gasteiger partial charge in [-0.05, 0) is 35.4 Å². The summed E-state index contributed by atoms with van der Waals surface area (Å²) in [7, 11) is 0. The van der Waals surface area contributed by atoms with Gasteiger partial charge in [-0.3, -0.25) is 4.99 Å². The van der Waals surface area contributed by atoms with Crippen molar-refractivity contribution in [3.8, 4) is 16.9 Å². The third kappa shape index (κ3) is 5.72. The second-order valence-electron chi connectivity index (χ2n) is 9.16. The van der Waals surface area contributed by atoms with Crippen molar-refractivity contribution in [3.05, 3.63) is 59.9 Å². The molecule has 0 spiro atoms. The lowest BCUT2D eigenvalue weighted by Gasteiger charge is -2.26. The number of aryl methyl sites for hydroxylation is 1. The van der Waals surface area contributed by atoms with Crippen molar-refractivity contribution in [2.24, 2.45) is 10.4 Å². The maximum absolute atomic E-state index is 5.92. The molecule has 7 nitrogen and oxygen atoms in total. The van der Waals surface area contributed by atoms with Gasteiger partial charge in [0, 0.05) is 18.0 Å². The molecule has 7 heteroatoms. The Morgan fingerprint density at radius 3 is 2.62 bits per heavy atom. The van der Waals surface area contributed by atoms with E-state index < -0.39 is 0 Å². The minimum absolute atomic E-state index is 0.275. The van der Waals surface area contributed by atoms with E-state index in [1.807, 2.05) is 18.2 Å². The van der Waals surface area contributed by atoms with Crippen molar-refractivity contribution >= 4 is 5.84 Å². The molecule has 0 saturated heterocycles. The molecule has 0 fully saturated rings. The van der Waals surface area contributed by atoms with Crippen molar-refractivity contribution < 1.29 is 4.74 Å². The Bertz CT molecular complexity index is 1030. The van der Waals surface area contributed by atoms with Crippen molar-refractivity contribution in [3.63, 3.8) is 0 Å². The summed E-state index contributed by atoms with van der Waals surface area (Å²) in [4.78, 5) is 4.74. The fraction of sp³-hybridized carbons (Fsp3) is 0.440. The van der Waals surface area contributed by atoms with E-state index in [-0.39, 0.29) is 6.61 Å². The molecule has 2 heterocycles. The zero-order chi connectivity index (χ0) is 22.4. The molecular formula is C25H32N6O. The van der Waals surface area contributed by atoms with Gasteiger partial charge in [-0.25, -0.2) is 0 Å². The summed E-state index contributed by atoms with van der Waals surface area (Å²) in [6.45, 7) is 8.11. The average molecular weight is 433 g/mol. The molecule has 1 aliphatic rings. The molecule has 168 valence electrons. The minimum Gasteiger partial charge on any atom is -0.485 e. The van der Waals surface area contributed by atoms with E-state index in [1.165, 1.54) is 18.4 Å². The summed E-state index contributed by atoms with van der Waals surface area (Å²) in [6, 6.07) is 17.2. The number of para-hydroxylation sites is 1. The molecular weight excluding hydrogens is 400 g/mol. The highest BCUT2D eigenvalue weighted by Gasteiger charge is 2.25. The minimum atomic E-state index is 0.275. The number of hydrogen-bond donors (Lipinski definition) is 2. The topological polar surface area (TPSA) is 88.1 Å². The van der Waals surface area contributed by atoms with Crippen molar-refractivity contribution in [2.75, 3.05) is 6.54 Å². The number of benzene rings is 2. The van der Waals surface area contributed by atoms with Crippen LogP contribution in [0.3, 0.4) is 0 Å². The first-order valence-electron chi connectivity index (χ1n) is 11.4. The molecule has 4 rings (SSSR count). The molecule has 0 saturated carbocycles. The van der Waals surface area contributed by atoms with Crippen LogP contribution in [0.4, 0.5) is 0 Å². The van der Waals surface area contributed by atoms with E-state index in [1.54, 1.807) is 0 Å². The maximum Gasteiger partial charge on any atom is 0.211 e. The summed E-state index contributed by atoms with van der Waals surface area (Å²) in [5.74, 6) is 2.47. The molecule has 1 aromatic heterocycles. The first-order valence-corrected chi connectivity index (χ1v) is 11.4. The van der Waals surface area contributed by atoms with E-state index in [0.717, 1.165) is 42.1 Å². The Kier molecular flexibility index (Phi) is 6.83. The predicted octanol–water partition coefficient (Wildman–Crippen LogP) is 4.57. The maximum atomic E-state index is 5.92. The van der Waals surface area contributed by atoms with Crippen LogP contribution in [0.1, 0.15) is 51.4 Å². The van der Waals surface area contributed by atoms with Crippen LogP contribution in [-0.4, -0.2) is 39.0 Å². The van der Waals surface area contributed by atoms with Crippen molar-refractivity contribution in [1.82, 2.24) is 25.9 Å². The molecule has 0 radical (unpaired) electrons. The van der Waals surface area contributed by atoms with Crippen LogP contribution in [0.25, 0.3) is 11.1 Å². The lowest BCUT2D eigenvalue weighted by atomic mass is 9.83. The van der Waals surface area contributed by atoms with Gasteiger partial charge in [0.15, 0.2) is 6.61 Å². The monoisotopic (exact) mass is 432 g/mol. The Morgan fingerprint density at radius 1 is 1.06 bits per heavy atom. The van der Waals surface area contributed by atoms with Crippen LogP contribution in [0, 0.1) is 5.41 Å². The number of aromatic amines is 1. The lowest BCUT2D eigenvalue weighted by molar-refractivity contribution is 0.290. The van der Waals surface area contributed by atoms with E-state index in [2.05, 4.69) is 77.0 Å². The number of rotatable bonds is 10. The van der Waals surface area contributed by atoms with Crippen LogP contribution in [0.15, 0.2) is 53.5 Å². The smallest absolute Gasteiger partial charge is 0.211 e. The molecule has 3 aromatic rings. The molecule has 2 aromatic carbocycles. The van der Waals surface area contributed by atoms with Crippen LogP contribution < -0.4 is 10.1 Å². The number of hydrogen-bond acceptors (Lipinski definition) is 6. The van der Waals surface area contributed by atoms with Crippen LogP contribution >= 0.6 is 0 Å². The van der Waals surface area contributed by atoms with Crippen molar-refractivity contribution in [1.29, 1.82) is 0 Å². The number of nitrogens with zero attached hydrogens (tertiary/aromatic N) is 4. The zero-order valence-electron chi connectivity index (χ0n) is 19.1. The van der Waals surface area contributed by atoms with Gasteiger partial charge in [-0.15, -0.1) is 10.2 Å². The summed E-state index contributed by atoms with van der Waals surface area (Å²) < 4.78 is 5.92. The summed E-state index contributed by atoms with van der Waals surface area (Å²) in [6.07, 6.45) is 4.29. The number of amidine groups is 1. The van der Waals surface area contributed by atoms with E-state index in [9.17, 15) is 0 Å². The number of aromatic nitrogens is 4. The predicted molar refractivity (Wildman–Crippen MR) is 127 cm³/mol. The number of tetrazole rings is 1. The van der Waals surface area contributed by atoms with Gasteiger partial charge in [-0.2, -0.15) is 5.21 Å². The Labute approximate surface area is 189 Å². The zero-order valence-corrected chi connectivity index (χ0v) is 19.1. The Hall–Kier alpha value is -3.22. The molecule has 0 bridgehead atoms. The number of ether oxygens (including phenoxy) is 1. The van der Waals surface area contributed by atoms with Crippen molar-refractivity contribution in [2.45, 2.75) is 59.1 Å². The fourth-order valence-corrected chi connectivity index (χ4v) is 3.96. The second-order valence-corrected chi connectivity index (χ2v) is 9.16.